The molecule has 1 saturated heterocycles. The number of halogens is 3. The van der Waals surface area contributed by atoms with Gasteiger partial charge in [-0.3, -0.25) is 4.79 Å². The van der Waals surface area contributed by atoms with Crippen LogP contribution in [0.5, 0.6) is 0 Å². The topological polar surface area (TPSA) is 85.4 Å². The van der Waals surface area contributed by atoms with Crippen LogP contribution in [0.15, 0.2) is 30.5 Å². The van der Waals surface area contributed by atoms with Crippen LogP contribution >= 0.6 is 0 Å². The number of likely N-dealkylation sites (tertiary alicyclic amines) is 1. The highest BCUT2D eigenvalue weighted by Gasteiger charge is 2.53. The summed E-state index contributed by atoms with van der Waals surface area (Å²) in [6, 6.07) is 7.16. The molecule has 3 rings (SSSR count). The Morgan fingerprint density at radius 1 is 1.26 bits per heavy atom. The summed E-state index contributed by atoms with van der Waals surface area (Å²) in [7, 11) is 0. The van der Waals surface area contributed by atoms with Gasteiger partial charge in [0.05, 0.1) is 11.8 Å². The van der Waals surface area contributed by atoms with Crippen molar-refractivity contribution in [2.75, 3.05) is 19.6 Å². The summed E-state index contributed by atoms with van der Waals surface area (Å²) >= 11 is 0. The lowest BCUT2D eigenvalue weighted by Crippen LogP contribution is -2.40. The molecule has 2 atom stereocenters. The van der Waals surface area contributed by atoms with Crippen molar-refractivity contribution in [2.45, 2.75) is 19.0 Å². The van der Waals surface area contributed by atoms with Crippen LogP contribution < -0.4 is 5.32 Å². The van der Waals surface area contributed by atoms with E-state index in [2.05, 4.69) is 10.3 Å². The molecule has 1 aromatic carbocycles. The van der Waals surface area contributed by atoms with E-state index in [1.807, 2.05) is 30.5 Å². The van der Waals surface area contributed by atoms with E-state index < -0.39 is 43.1 Å². The molecule has 146 valence electrons. The number of carboxylic acids is 1. The van der Waals surface area contributed by atoms with Gasteiger partial charge in [-0.15, -0.1) is 0 Å². The zero-order valence-electron chi connectivity index (χ0n) is 14.4. The minimum atomic E-state index is -4.65. The number of para-hydroxylation sites is 1. The summed E-state index contributed by atoms with van der Waals surface area (Å²) < 4.78 is 38.9. The normalized spacial score (nSPS) is 20.2. The van der Waals surface area contributed by atoms with Crippen molar-refractivity contribution in [3.8, 4) is 0 Å². The zero-order chi connectivity index (χ0) is 19.6. The molecule has 1 aliphatic heterocycles. The lowest BCUT2D eigenvalue weighted by atomic mass is 9.96. The van der Waals surface area contributed by atoms with Gasteiger partial charge in [0.1, 0.15) is 0 Å². The highest BCUT2D eigenvalue weighted by Crippen LogP contribution is 2.37. The highest BCUT2D eigenvalue weighted by molar-refractivity contribution is 5.83. The standard InChI is InChI=1S/C18H20F3N3O3/c19-18(20,21)14-10-24(9-13(14)16(25)26)17(27)22-7-3-4-11-8-23-15-6-2-1-5-12(11)15/h1-2,5-6,8,13-14,23H,3-4,7,9-10H2,(H,22,27)(H,25,26)/t13-,14-/m1/s1. The summed E-state index contributed by atoms with van der Waals surface area (Å²) in [5.41, 5.74) is 2.12. The number of carbonyl (C=O) groups excluding carboxylic acids is 1. The molecule has 2 amide bonds. The second-order valence-corrected chi connectivity index (χ2v) is 6.69. The molecule has 0 aliphatic carbocycles. The molecule has 3 N–H and O–H groups in total. The van der Waals surface area contributed by atoms with Gasteiger partial charge in [-0.2, -0.15) is 13.2 Å². The number of aromatic amines is 1. The average Bonchev–Trinajstić information content (AvgIpc) is 3.23. The van der Waals surface area contributed by atoms with Crippen molar-refractivity contribution < 1.29 is 27.9 Å². The molecule has 0 bridgehead atoms. The molecular formula is C18H20F3N3O3. The first-order valence-corrected chi connectivity index (χ1v) is 8.64. The molecule has 0 unspecified atom stereocenters. The van der Waals surface area contributed by atoms with E-state index in [0.29, 0.717) is 19.4 Å². The molecule has 6 nitrogen and oxygen atoms in total. The van der Waals surface area contributed by atoms with Gasteiger partial charge in [-0.1, -0.05) is 18.2 Å². The van der Waals surface area contributed by atoms with Gasteiger partial charge < -0.3 is 20.3 Å². The van der Waals surface area contributed by atoms with E-state index in [1.165, 1.54) is 0 Å². The number of urea groups is 1. The lowest BCUT2D eigenvalue weighted by molar-refractivity contribution is -0.187. The number of H-pyrrole nitrogens is 1. The van der Waals surface area contributed by atoms with Crippen LogP contribution in [0, 0.1) is 11.8 Å². The Hall–Kier alpha value is -2.71. The zero-order valence-corrected chi connectivity index (χ0v) is 14.4. The van der Waals surface area contributed by atoms with Crippen LogP contribution in [0.4, 0.5) is 18.0 Å². The molecule has 2 aromatic rings. The van der Waals surface area contributed by atoms with E-state index in [9.17, 15) is 22.8 Å². The number of nitrogens with zero attached hydrogens (tertiary/aromatic N) is 1. The van der Waals surface area contributed by atoms with E-state index in [1.54, 1.807) is 0 Å². The number of hydrogen-bond donors (Lipinski definition) is 3. The van der Waals surface area contributed by atoms with Crippen LogP contribution in [-0.4, -0.2) is 52.8 Å². The number of carbonyl (C=O) groups is 2. The Morgan fingerprint density at radius 2 is 2.00 bits per heavy atom. The molecule has 2 heterocycles. The number of benzene rings is 1. The Bertz CT molecular complexity index is 834. The second kappa shape index (κ2) is 7.50. The molecule has 0 saturated carbocycles. The SMILES string of the molecule is O=C(O)[C@@H]1CN(C(=O)NCCCc2c[nH]c3ccccc23)C[C@H]1C(F)(F)F. The Balaban J connectivity index is 1.50. The summed E-state index contributed by atoms with van der Waals surface area (Å²) in [5.74, 6) is -5.19. The van der Waals surface area contributed by atoms with Gasteiger partial charge >= 0.3 is 18.2 Å². The second-order valence-electron chi connectivity index (χ2n) is 6.69. The fourth-order valence-electron chi connectivity index (χ4n) is 3.48. The van der Waals surface area contributed by atoms with Gasteiger partial charge in [-0.25, -0.2) is 4.79 Å². The fraction of sp³-hybridized carbons (Fsp3) is 0.444. The first-order valence-electron chi connectivity index (χ1n) is 8.64. The summed E-state index contributed by atoms with van der Waals surface area (Å²) in [5, 5.41) is 12.7. The third-order valence-electron chi connectivity index (χ3n) is 4.92. The molecule has 0 spiro atoms. The van der Waals surface area contributed by atoms with Crippen molar-refractivity contribution in [3.05, 3.63) is 36.0 Å². The van der Waals surface area contributed by atoms with E-state index in [4.69, 9.17) is 5.11 Å². The monoisotopic (exact) mass is 383 g/mol. The van der Waals surface area contributed by atoms with Crippen molar-refractivity contribution in [3.63, 3.8) is 0 Å². The van der Waals surface area contributed by atoms with E-state index in [-0.39, 0.29) is 0 Å². The molecule has 0 radical (unpaired) electrons. The molecular weight excluding hydrogens is 363 g/mol. The van der Waals surface area contributed by atoms with Crippen molar-refractivity contribution in [2.24, 2.45) is 11.8 Å². The Morgan fingerprint density at radius 3 is 2.67 bits per heavy atom. The number of aromatic nitrogens is 1. The summed E-state index contributed by atoms with van der Waals surface area (Å²) in [6.07, 6.45) is -1.43. The van der Waals surface area contributed by atoms with Crippen LogP contribution in [0.25, 0.3) is 10.9 Å². The van der Waals surface area contributed by atoms with Crippen molar-refractivity contribution in [1.29, 1.82) is 0 Å². The van der Waals surface area contributed by atoms with Gasteiger partial charge in [-0.05, 0) is 24.5 Å². The predicted molar refractivity (Wildman–Crippen MR) is 92.3 cm³/mol. The first kappa shape index (κ1) is 19.1. The van der Waals surface area contributed by atoms with Crippen molar-refractivity contribution in [1.82, 2.24) is 15.2 Å². The Kier molecular flexibility index (Phi) is 5.29. The quantitative estimate of drug-likeness (QED) is 0.694. The maximum atomic E-state index is 13.0. The van der Waals surface area contributed by atoms with Crippen LogP contribution in [0.3, 0.4) is 0 Å². The Labute approximate surface area is 153 Å². The molecule has 1 aromatic heterocycles. The third kappa shape index (κ3) is 4.17. The van der Waals surface area contributed by atoms with Gasteiger partial charge in [0.25, 0.3) is 0 Å². The first-order chi connectivity index (χ1) is 12.8. The minimum absolute atomic E-state index is 0.295. The summed E-state index contributed by atoms with van der Waals surface area (Å²) in [6.45, 7) is -0.772. The molecule has 9 heteroatoms. The predicted octanol–water partition coefficient (Wildman–Crippen LogP) is 3.01. The maximum Gasteiger partial charge on any atom is 0.394 e. The third-order valence-corrected chi connectivity index (χ3v) is 4.92. The van der Waals surface area contributed by atoms with Gasteiger partial charge in [0.2, 0.25) is 0 Å². The summed E-state index contributed by atoms with van der Waals surface area (Å²) in [4.78, 5) is 27.3. The maximum absolute atomic E-state index is 13.0. The van der Waals surface area contributed by atoms with Crippen molar-refractivity contribution >= 4 is 22.9 Å². The number of rotatable bonds is 5. The highest BCUT2D eigenvalue weighted by atomic mass is 19.4. The fourth-order valence-corrected chi connectivity index (χ4v) is 3.48. The largest absolute Gasteiger partial charge is 0.481 e. The van der Waals surface area contributed by atoms with E-state index in [0.717, 1.165) is 21.4 Å². The number of nitrogens with one attached hydrogen (secondary N) is 2. The number of amides is 2. The minimum Gasteiger partial charge on any atom is -0.481 e. The number of aliphatic carboxylic acids is 1. The number of aryl methyl sites for hydroxylation is 1. The van der Waals surface area contributed by atoms with Crippen LogP contribution in [0.1, 0.15) is 12.0 Å². The lowest BCUT2D eigenvalue weighted by Gasteiger charge is -2.18. The van der Waals surface area contributed by atoms with Gasteiger partial charge in [0.15, 0.2) is 0 Å². The molecule has 27 heavy (non-hydrogen) atoms. The van der Waals surface area contributed by atoms with Gasteiger partial charge in [0, 0.05) is 36.7 Å². The molecule has 1 fully saturated rings. The van der Waals surface area contributed by atoms with E-state index >= 15 is 0 Å². The molecule has 1 aliphatic rings. The number of hydrogen-bond acceptors (Lipinski definition) is 2. The smallest absolute Gasteiger partial charge is 0.394 e. The number of carboxylic acid groups (broad SMARTS) is 1. The number of fused-ring (bicyclic) bond motifs is 1. The van der Waals surface area contributed by atoms with Crippen LogP contribution in [0.2, 0.25) is 0 Å². The number of alkyl halides is 3. The average molecular weight is 383 g/mol. The van der Waals surface area contributed by atoms with Crippen LogP contribution in [-0.2, 0) is 11.2 Å².